The molecule has 14 heavy (non-hydrogen) atoms. The normalized spacial score (nSPS) is 17.5. The summed E-state index contributed by atoms with van der Waals surface area (Å²) >= 11 is 1.53. The van der Waals surface area contributed by atoms with Gasteiger partial charge in [0.2, 0.25) is 0 Å². The van der Waals surface area contributed by atoms with Gasteiger partial charge in [-0.2, -0.15) is 0 Å². The molecule has 1 aliphatic heterocycles. The lowest BCUT2D eigenvalue weighted by molar-refractivity contribution is 0.112. The molecule has 76 valence electrons. The lowest BCUT2D eigenvalue weighted by Crippen LogP contribution is -2.18. The van der Waals surface area contributed by atoms with Crippen LogP contribution in [0, 0.1) is 6.92 Å². The lowest BCUT2D eigenvalue weighted by Gasteiger charge is -2.11. The van der Waals surface area contributed by atoms with Gasteiger partial charge in [-0.05, 0) is 32.9 Å². The van der Waals surface area contributed by atoms with Crippen LogP contribution < -0.4 is 0 Å². The Bertz CT molecular complexity index is 329. The lowest BCUT2D eigenvalue weighted by atomic mass is 10.4. The maximum atomic E-state index is 10.6. The first-order chi connectivity index (χ1) is 6.79. The monoisotopic (exact) mass is 210 g/mol. The summed E-state index contributed by atoms with van der Waals surface area (Å²) in [5.41, 5.74) is 0.874. The van der Waals surface area contributed by atoms with Gasteiger partial charge in [0.05, 0.1) is 17.1 Å². The number of thiazole rings is 1. The molecule has 0 atom stereocenters. The zero-order valence-corrected chi connectivity index (χ0v) is 9.14. The van der Waals surface area contributed by atoms with E-state index in [0.29, 0.717) is 0 Å². The van der Waals surface area contributed by atoms with E-state index < -0.39 is 0 Å². The van der Waals surface area contributed by atoms with Gasteiger partial charge in [0.25, 0.3) is 0 Å². The van der Waals surface area contributed by atoms with Crippen LogP contribution in [-0.4, -0.2) is 29.3 Å². The molecule has 1 saturated heterocycles. The van der Waals surface area contributed by atoms with Gasteiger partial charge in [-0.1, -0.05) is 0 Å². The molecule has 0 amide bonds. The second-order valence-corrected chi connectivity index (χ2v) is 4.77. The van der Waals surface area contributed by atoms with E-state index in [0.717, 1.165) is 28.4 Å². The predicted molar refractivity (Wildman–Crippen MR) is 56.7 cm³/mol. The molecule has 0 radical (unpaired) electrons. The molecule has 0 N–H and O–H groups in total. The molecular weight excluding hydrogens is 196 g/mol. The maximum absolute atomic E-state index is 10.6. The van der Waals surface area contributed by atoms with Gasteiger partial charge in [-0.25, -0.2) is 4.98 Å². The van der Waals surface area contributed by atoms with Crippen LogP contribution in [-0.2, 0) is 6.54 Å². The molecule has 4 heteroatoms. The van der Waals surface area contributed by atoms with Crippen LogP contribution in [0.25, 0.3) is 0 Å². The van der Waals surface area contributed by atoms with Gasteiger partial charge >= 0.3 is 0 Å². The molecule has 2 rings (SSSR count). The number of carbonyl (C=O) groups excluding carboxylic acids is 1. The van der Waals surface area contributed by atoms with E-state index in [1.807, 2.05) is 6.92 Å². The van der Waals surface area contributed by atoms with E-state index in [1.54, 1.807) is 0 Å². The number of likely N-dealkylation sites (tertiary alicyclic amines) is 1. The van der Waals surface area contributed by atoms with Crippen LogP contribution in [0.4, 0.5) is 0 Å². The quantitative estimate of drug-likeness (QED) is 0.714. The molecule has 3 nitrogen and oxygen atoms in total. The predicted octanol–water partition coefficient (Wildman–Crippen LogP) is 1.86. The molecule has 0 unspecified atom stereocenters. The van der Waals surface area contributed by atoms with Gasteiger partial charge in [-0.3, -0.25) is 9.69 Å². The Morgan fingerprint density at radius 1 is 1.50 bits per heavy atom. The van der Waals surface area contributed by atoms with E-state index in [4.69, 9.17) is 0 Å². The van der Waals surface area contributed by atoms with E-state index in [1.165, 1.54) is 37.3 Å². The summed E-state index contributed by atoms with van der Waals surface area (Å²) in [6, 6.07) is 0. The Kier molecular flexibility index (Phi) is 2.93. The molecular formula is C10H14N2OS. The van der Waals surface area contributed by atoms with Crippen molar-refractivity contribution in [1.82, 2.24) is 9.88 Å². The van der Waals surface area contributed by atoms with Gasteiger partial charge in [0.1, 0.15) is 5.01 Å². The fourth-order valence-corrected chi connectivity index (χ4v) is 2.70. The van der Waals surface area contributed by atoms with Crippen LogP contribution in [0.3, 0.4) is 0 Å². The third kappa shape index (κ3) is 2.01. The second kappa shape index (κ2) is 4.19. The number of aldehydes is 1. The van der Waals surface area contributed by atoms with Crippen molar-refractivity contribution >= 4 is 17.6 Å². The Balaban J connectivity index is 2.04. The Labute approximate surface area is 87.8 Å². The second-order valence-electron chi connectivity index (χ2n) is 3.66. The fourth-order valence-electron chi connectivity index (χ4n) is 1.77. The smallest absolute Gasteiger partial charge is 0.161 e. The SMILES string of the molecule is Cc1nc(CN2CCCC2)sc1C=O. The van der Waals surface area contributed by atoms with Crippen molar-refractivity contribution in [3.05, 3.63) is 15.6 Å². The van der Waals surface area contributed by atoms with E-state index in [2.05, 4.69) is 9.88 Å². The summed E-state index contributed by atoms with van der Waals surface area (Å²) < 4.78 is 0. The maximum Gasteiger partial charge on any atom is 0.161 e. The van der Waals surface area contributed by atoms with Crippen LogP contribution in [0.2, 0.25) is 0 Å². The zero-order valence-electron chi connectivity index (χ0n) is 8.32. The average molecular weight is 210 g/mol. The van der Waals surface area contributed by atoms with E-state index >= 15 is 0 Å². The highest BCUT2D eigenvalue weighted by atomic mass is 32.1. The van der Waals surface area contributed by atoms with Crippen LogP contribution in [0.5, 0.6) is 0 Å². The van der Waals surface area contributed by atoms with Gasteiger partial charge in [0.15, 0.2) is 6.29 Å². The average Bonchev–Trinajstić information content (AvgIpc) is 2.76. The third-order valence-corrected chi connectivity index (χ3v) is 3.61. The summed E-state index contributed by atoms with van der Waals surface area (Å²) in [6.45, 7) is 5.16. The van der Waals surface area contributed by atoms with Crippen molar-refractivity contribution < 1.29 is 4.79 Å². The molecule has 1 aromatic rings. The number of hydrogen-bond donors (Lipinski definition) is 0. The number of hydrogen-bond acceptors (Lipinski definition) is 4. The Hall–Kier alpha value is -0.740. The molecule has 0 aromatic carbocycles. The van der Waals surface area contributed by atoms with Crippen molar-refractivity contribution in [2.24, 2.45) is 0 Å². The molecule has 1 aliphatic rings. The summed E-state index contributed by atoms with van der Waals surface area (Å²) in [4.78, 5) is 18.2. The molecule has 0 aliphatic carbocycles. The van der Waals surface area contributed by atoms with Crippen molar-refractivity contribution in [1.29, 1.82) is 0 Å². The summed E-state index contributed by atoms with van der Waals surface area (Å²) in [5, 5.41) is 1.08. The summed E-state index contributed by atoms with van der Waals surface area (Å²) in [5.74, 6) is 0. The Morgan fingerprint density at radius 3 is 2.79 bits per heavy atom. The highest BCUT2D eigenvalue weighted by Crippen LogP contribution is 2.19. The van der Waals surface area contributed by atoms with Crippen molar-refractivity contribution in [3.63, 3.8) is 0 Å². The van der Waals surface area contributed by atoms with Crippen LogP contribution in [0.15, 0.2) is 0 Å². The van der Waals surface area contributed by atoms with Gasteiger partial charge < -0.3 is 0 Å². The highest BCUT2D eigenvalue weighted by molar-refractivity contribution is 7.13. The molecule has 0 bridgehead atoms. The van der Waals surface area contributed by atoms with Crippen molar-refractivity contribution in [2.75, 3.05) is 13.1 Å². The number of nitrogens with zero attached hydrogens (tertiary/aromatic N) is 2. The fraction of sp³-hybridized carbons (Fsp3) is 0.600. The topological polar surface area (TPSA) is 33.2 Å². The standard InChI is InChI=1S/C10H14N2OS/c1-8-9(7-13)14-10(11-8)6-12-4-2-3-5-12/h7H,2-6H2,1H3. The number of carbonyl (C=O) groups is 1. The Morgan fingerprint density at radius 2 is 2.21 bits per heavy atom. The molecule has 0 spiro atoms. The van der Waals surface area contributed by atoms with Gasteiger partial charge in [-0.15, -0.1) is 11.3 Å². The largest absolute Gasteiger partial charge is 0.297 e. The van der Waals surface area contributed by atoms with Crippen molar-refractivity contribution in [3.8, 4) is 0 Å². The van der Waals surface area contributed by atoms with E-state index in [9.17, 15) is 4.79 Å². The van der Waals surface area contributed by atoms with Crippen molar-refractivity contribution in [2.45, 2.75) is 26.3 Å². The number of aromatic nitrogens is 1. The minimum Gasteiger partial charge on any atom is -0.297 e. The third-order valence-electron chi connectivity index (χ3n) is 2.54. The van der Waals surface area contributed by atoms with E-state index in [-0.39, 0.29) is 0 Å². The first kappa shape index (κ1) is 9.80. The van der Waals surface area contributed by atoms with Crippen LogP contribution >= 0.6 is 11.3 Å². The molecule has 0 saturated carbocycles. The summed E-state index contributed by atoms with van der Waals surface area (Å²) in [7, 11) is 0. The first-order valence-corrected chi connectivity index (χ1v) is 5.75. The highest BCUT2D eigenvalue weighted by Gasteiger charge is 2.14. The summed E-state index contributed by atoms with van der Waals surface area (Å²) in [6.07, 6.45) is 3.50. The molecule has 1 aromatic heterocycles. The minimum atomic E-state index is 0.777. The first-order valence-electron chi connectivity index (χ1n) is 4.93. The van der Waals surface area contributed by atoms with Gasteiger partial charge in [0, 0.05) is 0 Å². The number of rotatable bonds is 3. The molecule has 2 heterocycles. The zero-order chi connectivity index (χ0) is 9.97. The van der Waals surface area contributed by atoms with Crippen LogP contribution in [0.1, 0.15) is 33.2 Å². The number of aryl methyl sites for hydroxylation is 1. The minimum absolute atomic E-state index is 0.777. The molecule has 1 fully saturated rings.